The molecule has 6 nitrogen and oxygen atoms in total. The van der Waals surface area contributed by atoms with Gasteiger partial charge >= 0.3 is 11.9 Å². The van der Waals surface area contributed by atoms with E-state index in [0.717, 1.165) is 5.56 Å². The maximum atomic E-state index is 12.4. The fraction of sp³-hybridized carbons (Fsp3) is 0.0800. The molecule has 31 heavy (non-hydrogen) atoms. The van der Waals surface area contributed by atoms with Gasteiger partial charge in [-0.15, -0.1) is 0 Å². The van der Waals surface area contributed by atoms with Crippen LogP contribution < -0.4 is 9.47 Å². The zero-order valence-electron chi connectivity index (χ0n) is 17.0. The Kier molecular flexibility index (Phi) is 6.96. The number of hydrogen-bond donors (Lipinski definition) is 0. The highest BCUT2D eigenvalue weighted by Crippen LogP contribution is 2.17. The van der Waals surface area contributed by atoms with Gasteiger partial charge in [0.15, 0.2) is 5.78 Å². The number of allylic oxidation sites excluding steroid dienone is 1. The monoisotopic (exact) mass is 416 g/mol. The molecule has 0 saturated heterocycles. The summed E-state index contributed by atoms with van der Waals surface area (Å²) in [4.78, 5) is 36.0. The molecular weight excluding hydrogens is 396 g/mol. The van der Waals surface area contributed by atoms with E-state index in [-0.39, 0.29) is 5.78 Å². The Morgan fingerprint density at radius 3 is 1.74 bits per heavy atom. The fourth-order valence-corrected chi connectivity index (χ4v) is 2.70. The van der Waals surface area contributed by atoms with Gasteiger partial charge in [0.25, 0.3) is 0 Å². The number of ketones is 1. The fourth-order valence-electron chi connectivity index (χ4n) is 2.70. The third kappa shape index (κ3) is 5.67. The second kappa shape index (κ2) is 10.0. The van der Waals surface area contributed by atoms with E-state index in [1.165, 1.54) is 13.2 Å². The van der Waals surface area contributed by atoms with Crippen LogP contribution in [0.1, 0.15) is 36.6 Å². The van der Waals surface area contributed by atoms with E-state index in [2.05, 4.69) is 4.74 Å². The van der Waals surface area contributed by atoms with Gasteiger partial charge in [-0.25, -0.2) is 9.59 Å². The van der Waals surface area contributed by atoms with Crippen LogP contribution in [0.4, 0.5) is 0 Å². The number of benzene rings is 3. The summed E-state index contributed by atoms with van der Waals surface area (Å²) in [5, 5.41) is 0. The summed E-state index contributed by atoms with van der Waals surface area (Å²) in [6.07, 6.45) is 3.09. The first-order valence-electron chi connectivity index (χ1n) is 9.37. The summed E-state index contributed by atoms with van der Waals surface area (Å²) in [7, 11) is 2.87. The molecule has 0 radical (unpaired) electrons. The van der Waals surface area contributed by atoms with Crippen LogP contribution in [0, 0.1) is 0 Å². The van der Waals surface area contributed by atoms with Gasteiger partial charge in [0.2, 0.25) is 0 Å². The molecule has 0 fully saturated rings. The second-order valence-electron chi connectivity index (χ2n) is 6.45. The van der Waals surface area contributed by atoms with Crippen LogP contribution in [-0.2, 0) is 4.74 Å². The minimum Gasteiger partial charge on any atom is -0.497 e. The Morgan fingerprint density at radius 2 is 1.16 bits per heavy atom. The van der Waals surface area contributed by atoms with Crippen molar-refractivity contribution in [3.63, 3.8) is 0 Å². The SMILES string of the molecule is COC(=O)c1ccc(/C=C/C(=O)c2ccc(OC(=O)c3ccc(OC)cc3)cc2)cc1. The lowest BCUT2D eigenvalue weighted by Crippen LogP contribution is -2.08. The van der Waals surface area contributed by atoms with Crippen molar-refractivity contribution in [2.24, 2.45) is 0 Å². The van der Waals surface area contributed by atoms with Gasteiger partial charge in [0.1, 0.15) is 11.5 Å². The number of methoxy groups -OCH3 is 2. The summed E-state index contributed by atoms with van der Waals surface area (Å²) in [6.45, 7) is 0. The highest BCUT2D eigenvalue weighted by atomic mass is 16.5. The quantitative estimate of drug-likeness (QED) is 0.242. The second-order valence-corrected chi connectivity index (χ2v) is 6.45. The van der Waals surface area contributed by atoms with Crippen molar-refractivity contribution in [1.82, 2.24) is 0 Å². The molecule has 0 saturated carbocycles. The van der Waals surface area contributed by atoms with Crippen LogP contribution in [0.5, 0.6) is 11.5 Å². The predicted octanol–water partition coefficient (Wildman–Crippen LogP) is 4.60. The average Bonchev–Trinajstić information content (AvgIpc) is 2.82. The number of hydrogen-bond acceptors (Lipinski definition) is 6. The van der Waals surface area contributed by atoms with E-state index in [9.17, 15) is 14.4 Å². The first kappa shape index (κ1) is 21.5. The molecular formula is C25H20O6. The highest BCUT2D eigenvalue weighted by Gasteiger charge is 2.10. The number of carbonyl (C=O) groups is 3. The number of rotatable bonds is 7. The Labute approximate surface area is 179 Å². The van der Waals surface area contributed by atoms with Gasteiger partial charge in [-0.1, -0.05) is 18.2 Å². The normalized spacial score (nSPS) is 10.5. The predicted molar refractivity (Wildman–Crippen MR) is 116 cm³/mol. The molecule has 0 heterocycles. The minimum absolute atomic E-state index is 0.204. The molecule has 0 spiro atoms. The topological polar surface area (TPSA) is 78.9 Å². The molecule has 0 aliphatic heterocycles. The van der Waals surface area contributed by atoms with Gasteiger partial charge in [-0.2, -0.15) is 0 Å². The van der Waals surface area contributed by atoms with Gasteiger partial charge in [0, 0.05) is 5.56 Å². The molecule has 3 aromatic rings. The third-order valence-electron chi connectivity index (χ3n) is 4.43. The summed E-state index contributed by atoms with van der Waals surface area (Å²) < 4.78 is 15.0. The zero-order valence-corrected chi connectivity index (χ0v) is 17.0. The maximum Gasteiger partial charge on any atom is 0.343 e. The largest absolute Gasteiger partial charge is 0.497 e. The standard InChI is InChI=1S/C25H20O6/c1-29-21-12-10-20(11-13-21)25(28)31-22-14-8-18(9-15-22)23(26)16-5-17-3-6-19(7-4-17)24(27)30-2/h3-16H,1-2H3/b16-5+. The Morgan fingerprint density at radius 1 is 0.645 bits per heavy atom. The third-order valence-corrected chi connectivity index (χ3v) is 4.43. The van der Waals surface area contributed by atoms with Crippen molar-refractivity contribution in [1.29, 1.82) is 0 Å². The van der Waals surface area contributed by atoms with E-state index in [1.54, 1.807) is 86.0 Å². The molecule has 3 aromatic carbocycles. The summed E-state index contributed by atoms with van der Waals surface area (Å²) in [5.74, 6) is -0.145. The van der Waals surface area contributed by atoms with E-state index in [4.69, 9.17) is 9.47 Å². The lowest BCUT2D eigenvalue weighted by molar-refractivity contribution is 0.0600. The van der Waals surface area contributed by atoms with Crippen LogP contribution in [0.2, 0.25) is 0 Å². The molecule has 0 atom stereocenters. The molecule has 6 heteroatoms. The number of esters is 2. The van der Waals surface area contributed by atoms with E-state index in [0.29, 0.717) is 28.2 Å². The van der Waals surface area contributed by atoms with Crippen LogP contribution in [0.15, 0.2) is 78.9 Å². The lowest BCUT2D eigenvalue weighted by Gasteiger charge is -2.06. The van der Waals surface area contributed by atoms with Gasteiger partial charge in [-0.05, 0) is 72.3 Å². The van der Waals surface area contributed by atoms with Gasteiger partial charge < -0.3 is 14.2 Å². The molecule has 0 aromatic heterocycles. The Bertz CT molecular complexity index is 1090. The van der Waals surface area contributed by atoms with Crippen molar-refractivity contribution >= 4 is 23.8 Å². The number of ether oxygens (including phenoxy) is 3. The van der Waals surface area contributed by atoms with Crippen molar-refractivity contribution in [3.8, 4) is 11.5 Å². The number of carbonyl (C=O) groups excluding carboxylic acids is 3. The Balaban J connectivity index is 1.61. The van der Waals surface area contributed by atoms with Crippen LogP contribution in [-0.4, -0.2) is 31.9 Å². The first-order chi connectivity index (χ1) is 15.0. The van der Waals surface area contributed by atoms with E-state index >= 15 is 0 Å². The van der Waals surface area contributed by atoms with Crippen LogP contribution in [0.3, 0.4) is 0 Å². The Hall–Kier alpha value is -4.19. The molecule has 0 N–H and O–H groups in total. The molecule has 0 amide bonds. The van der Waals surface area contributed by atoms with Crippen molar-refractivity contribution in [2.75, 3.05) is 14.2 Å². The molecule has 0 aliphatic rings. The van der Waals surface area contributed by atoms with Crippen LogP contribution >= 0.6 is 0 Å². The average molecular weight is 416 g/mol. The molecule has 0 aliphatic carbocycles. The van der Waals surface area contributed by atoms with E-state index in [1.807, 2.05) is 0 Å². The van der Waals surface area contributed by atoms with E-state index < -0.39 is 11.9 Å². The molecule has 0 unspecified atom stereocenters. The lowest BCUT2D eigenvalue weighted by atomic mass is 10.1. The summed E-state index contributed by atoms with van der Waals surface area (Å²) in [5.41, 5.74) is 2.05. The minimum atomic E-state index is -0.503. The van der Waals surface area contributed by atoms with Gasteiger partial charge in [-0.3, -0.25) is 4.79 Å². The van der Waals surface area contributed by atoms with Gasteiger partial charge in [0.05, 0.1) is 25.3 Å². The molecule has 156 valence electrons. The maximum absolute atomic E-state index is 12.4. The summed E-state index contributed by atoms with van der Waals surface area (Å²) in [6, 6.07) is 19.6. The van der Waals surface area contributed by atoms with Crippen molar-refractivity contribution in [2.45, 2.75) is 0 Å². The first-order valence-corrected chi connectivity index (χ1v) is 9.37. The smallest absolute Gasteiger partial charge is 0.343 e. The van der Waals surface area contributed by atoms with Crippen LogP contribution in [0.25, 0.3) is 6.08 Å². The molecule has 3 rings (SSSR count). The summed E-state index contributed by atoms with van der Waals surface area (Å²) >= 11 is 0. The van der Waals surface area contributed by atoms with Crippen molar-refractivity contribution < 1.29 is 28.6 Å². The molecule has 0 bridgehead atoms. The highest BCUT2D eigenvalue weighted by molar-refractivity contribution is 6.07. The van der Waals surface area contributed by atoms with Crippen molar-refractivity contribution in [3.05, 3.63) is 101 Å². The zero-order chi connectivity index (χ0) is 22.2.